The Kier molecular flexibility index (Phi) is 5.41. The molecule has 2 amide bonds. The summed E-state index contributed by atoms with van der Waals surface area (Å²) < 4.78 is 0.641. The molecule has 1 aliphatic rings. The SMILES string of the molecule is CCC(=O)N(c1nnc(SC(C)C(=O)Nc2ccc3[nH]c(=O)[nH]c3c2)s1)C1CC1. The van der Waals surface area contributed by atoms with Crippen LogP contribution in [0.4, 0.5) is 10.8 Å². The van der Waals surface area contributed by atoms with E-state index in [1.54, 1.807) is 30.0 Å². The molecule has 29 heavy (non-hydrogen) atoms. The second-order valence-electron chi connectivity index (χ2n) is 6.79. The minimum Gasteiger partial charge on any atom is -0.325 e. The number of H-pyrrole nitrogens is 2. The Labute approximate surface area is 174 Å². The number of thioether (sulfide) groups is 1. The number of nitrogens with zero attached hydrogens (tertiary/aromatic N) is 3. The Morgan fingerprint density at radius 2 is 2.07 bits per heavy atom. The van der Waals surface area contributed by atoms with Gasteiger partial charge < -0.3 is 15.3 Å². The number of imidazole rings is 1. The molecule has 0 bridgehead atoms. The first-order chi connectivity index (χ1) is 13.9. The molecule has 2 aromatic heterocycles. The van der Waals surface area contributed by atoms with Gasteiger partial charge in [0, 0.05) is 18.2 Å². The predicted molar refractivity (Wildman–Crippen MR) is 114 cm³/mol. The van der Waals surface area contributed by atoms with Gasteiger partial charge in [-0.15, -0.1) is 10.2 Å². The fourth-order valence-corrected chi connectivity index (χ4v) is 4.95. The van der Waals surface area contributed by atoms with Crippen LogP contribution < -0.4 is 15.9 Å². The molecule has 1 fully saturated rings. The summed E-state index contributed by atoms with van der Waals surface area (Å²) in [7, 11) is 0. The van der Waals surface area contributed by atoms with Gasteiger partial charge in [0.1, 0.15) is 0 Å². The first-order valence-electron chi connectivity index (χ1n) is 9.29. The number of aromatic amines is 2. The lowest BCUT2D eigenvalue weighted by molar-refractivity contribution is -0.118. The minimum atomic E-state index is -0.409. The second-order valence-corrected chi connectivity index (χ2v) is 9.33. The van der Waals surface area contributed by atoms with Gasteiger partial charge in [0.15, 0.2) is 4.34 Å². The summed E-state index contributed by atoms with van der Waals surface area (Å²) in [6.07, 6.45) is 2.40. The van der Waals surface area contributed by atoms with Gasteiger partial charge in [-0.05, 0) is 38.0 Å². The number of carbonyl (C=O) groups excluding carboxylic acids is 2. The maximum atomic E-state index is 12.6. The van der Waals surface area contributed by atoms with Gasteiger partial charge in [0.05, 0.1) is 16.3 Å². The highest BCUT2D eigenvalue weighted by Gasteiger charge is 2.35. The topological polar surface area (TPSA) is 124 Å². The molecule has 0 spiro atoms. The third-order valence-corrected chi connectivity index (χ3v) is 6.62. The summed E-state index contributed by atoms with van der Waals surface area (Å²) >= 11 is 2.63. The molecule has 9 nitrogen and oxygen atoms in total. The molecule has 2 heterocycles. The van der Waals surface area contributed by atoms with Crippen molar-refractivity contribution < 1.29 is 9.59 Å². The molecular weight excluding hydrogens is 412 g/mol. The van der Waals surface area contributed by atoms with Crippen molar-refractivity contribution in [1.82, 2.24) is 20.2 Å². The van der Waals surface area contributed by atoms with E-state index in [0.717, 1.165) is 12.8 Å². The molecule has 11 heteroatoms. The summed E-state index contributed by atoms with van der Waals surface area (Å²) in [6.45, 7) is 3.62. The number of rotatable bonds is 7. The molecule has 0 radical (unpaired) electrons. The molecule has 1 aliphatic carbocycles. The molecule has 1 saturated carbocycles. The van der Waals surface area contributed by atoms with Crippen molar-refractivity contribution in [2.75, 3.05) is 10.2 Å². The van der Waals surface area contributed by atoms with Crippen molar-refractivity contribution in [3.05, 3.63) is 28.7 Å². The Hall–Kier alpha value is -2.66. The maximum absolute atomic E-state index is 12.6. The highest BCUT2D eigenvalue weighted by Crippen LogP contribution is 2.37. The summed E-state index contributed by atoms with van der Waals surface area (Å²) in [5, 5.41) is 11.3. The number of benzene rings is 1. The Bertz CT molecular complexity index is 1120. The number of carbonyl (C=O) groups is 2. The summed E-state index contributed by atoms with van der Waals surface area (Å²) in [4.78, 5) is 43.2. The van der Waals surface area contributed by atoms with Crippen molar-refractivity contribution in [3.63, 3.8) is 0 Å². The van der Waals surface area contributed by atoms with Crippen LogP contribution in [0.2, 0.25) is 0 Å². The average molecular weight is 433 g/mol. The number of amides is 2. The number of fused-ring (bicyclic) bond motifs is 1. The number of hydrogen-bond acceptors (Lipinski definition) is 7. The van der Waals surface area contributed by atoms with Crippen molar-refractivity contribution in [1.29, 1.82) is 0 Å². The van der Waals surface area contributed by atoms with Gasteiger partial charge in [-0.3, -0.25) is 14.5 Å². The normalized spacial score (nSPS) is 14.7. The first-order valence-corrected chi connectivity index (χ1v) is 11.0. The Morgan fingerprint density at radius 3 is 2.79 bits per heavy atom. The molecule has 1 atom stereocenters. The largest absolute Gasteiger partial charge is 0.325 e. The molecule has 3 aromatic rings. The highest BCUT2D eigenvalue weighted by molar-refractivity contribution is 8.02. The maximum Gasteiger partial charge on any atom is 0.323 e. The van der Waals surface area contributed by atoms with Crippen LogP contribution in [0, 0.1) is 0 Å². The van der Waals surface area contributed by atoms with E-state index in [0.29, 0.717) is 32.6 Å². The standard InChI is InChI=1S/C18H20N6O3S2/c1-3-14(25)24(11-5-6-11)17-22-23-18(29-17)28-9(2)15(26)19-10-4-7-12-13(8-10)21-16(27)20-12/h4,7-9,11H,3,5-6H2,1-2H3,(H,19,26)(H2,20,21,27). The van der Waals surface area contributed by atoms with Crippen molar-refractivity contribution in [3.8, 4) is 0 Å². The average Bonchev–Trinajstić information content (AvgIpc) is 3.30. The lowest BCUT2D eigenvalue weighted by Gasteiger charge is -2.17. The number of hydrogen-bond donors (Lipinski definition) is 3. The quantitative estimate of drug-likeness (QED) is 0.390. The number of anilines is 2. The highest BCUT2D eigenvalue weighted by atomic mass is 32.2. The number of aromatic nitrogens is 4. The zero-order chi connectivity index (χ0) is 20.5. The third-order valence-electron chi connectivity index (χ3n) is 4.52. The minimum absolute atomic E-state index is 0.0455. The molecule has 0 aliphatic heterocycles. The van der Waals surface area contributed by atoms with Crippen LogP contribution in [0.15, 0.2) is 27.3 Å². The van der Waals surface area contributed by atoms with Crippen LogP contribution in [-0.2, 0) is 9.59 Å². The Balaban J connectivity index is 1.41. The van der Waals surface area contributed by atoms with Crippen LogP contribution in [0.25, 0.3) is 11.0 Å². The van der Waals surface area contributed by atoms with E-state index in [1.165, 1.54) is 23.1 Å². The predicted octanol–water partition coefficient (Wildman–Crippen LogP) is 2.73. The van der Waals surface area contributed by atoms with Crippen LogP contribution >= 0.6 is 23.1 Å². The Morgan fingerprint density at radius 1 is 1.31 bits per heavy atom. The molecule has 4 rings (SSSR count). The zero-order valence-electron chi connectivity index (χ0n) is 15.9. The van der Waals surface area contributed by atoms with E-state index in [-0.39, 0.29) is 23.5 Å². The van der Waals surface area contributed by atoms with Gasteiger partial charge in [0.25, 0.3) is 0 Å². The van der Waals surface area contributed by atoms with E-state index in [2.05, 4.69) is 25.5 Å². The number of nitrogens with one attached hydrogen (secondary N) is 3. The van der Waals surface area contributed by atoms with Gasteiger partial charge in [-0.25, -0.2) is 4.79 Å². The van der Waals surface area contributed by atoms with Crippen molar-refractivity contribution in [2.24, 2.45) is 0 Å². The smallest absolute Gasteiger partial charge is 0.323 e. The molecule has 152 valence electrons. The van der Waals surface area contributed by atoms with Crippen LogP contribution in [0.5, 0.6) is 0 Å². The molecule has 1 aromatic carbocycles. The molecule has 0 saturated heterocycles. The van der Waals surface area contributed by atoms with Gasteiger partial charge in [-0.2, -0.15) is 0 Å². The van der Waals surface area contributed by atoms with E-state index in [1.807, 2.05) is 6.92 Å². The third kappa shape index (κ3) is 4.35. The van der Waals surface area contributed by atoms with Gasteiger partial charge in [-0.1, -0.05) is 30.0 Å². The first kappa shape index (κ1) is 19.6. The fraction of sp³-hybridized carbons (Fsp3) is 0.389. The van der Waals surface area contributed by atoms with Crippen molar-refractivity contribution in [2.45, 2.75) is 48.7 Å². The van der Waals surface area contributed by atoms with Gasteiger partial charge >= 0.3 is 5.69 Å². The molecule has 3 N–H and O–H groups in total. The summed E-state index contributed by atoms with van der Waals surface area (Å²) in [5.41, 5.74) is 1.61. The lowest BCUT2D eigenvalue weighted by Crippen LogP contribution is -2.32. The lowest BCUT2D eigenvalue weighted by atomic mass is 10.2. The van der Waals surface area contributed by atoms with Crippen molar-refractivity contribution >= 4 is 56.8 Å². The zero-order valence-corrected chi connectivity index (χ0v) is 17.5. The molecule has 1 unspecified atom stereocenters. The second kappa shape index (κ2) is 7.99. The summed E-state index contributed by atoms with van der Waals surface area (Å²) in [5.74, 6) is -0.142. The van der Waals surface area contributed by atoms with E-state index in [4.69, 9.17) is 0 Å². The van der Waals surface area contributed by atoms with E-state index < -0.39 is 5.25 Å². The van der Waals surface area contributed by atoms with Crippen LogP contribution in [0.3, 0.4) is 0 Å². The van der Waals surface area contributed by atoms with Gasteiger partial charge in [0.2, 0.25) is 16.9 Å². The van der Waals surface area contributed by atoms with E-state index >= 15 is 0 Å². The fourth-order valence-electron chi connectivity index (χ4n) is 2.88. The van der Waals surface area contributed by atoms with Crippen LogP contribution in [-0.4, -0.2) is 43.3 Å². The van der Waals surface area contributed by atoms with Crippen LogP contribution in [0.1, 0.15) is 33.1 Å². The van der Waals surface area contributed by atoms with E-state index in [9.17, 15) is 14.4 Å². The monoisotopic (exact) mass is 432 g/mol. The summed E-state index contributed by atoms with van der Waals surface area (Å²) in [6, 6.07) is 5.39. The molecular formula is C18H20N6O3S2.